The molecule has 1 aromatic carbocycles. The van der Waals surface area contributed by atoms with Gasteiger partial charge < -0.3 is 10.1 Å². The lowest BCUT2D eigenvalue weighted by atomic mass is 9.71. The average Bonchev–Trinajstić information content (AvgIpc) is 2.37. The first-order chi connectivity index (χ1) is 8.40. The normalized spacial score (nSPS) is 24.1. The molecule has 0 spiro atoms. The van der Waals surface area contributed by atoms with Crippen LogP contribution in [-0.4, -0.2) is 19.7 Å². The molecule has 0 bridgehead atoms. The van der Waals surface area contributed by atoms with Gasteiger partial charge in [0.2, 0.25) is 0 Å². The van der Waals surface area contributed by atoms with Crippen LogP contribution in [-0.2, 0) is 11.2 Å². The summed E-state index contributed by atoms with van der Waals surface area (Å²) in [7, 11) is 2.06. The molecule has 2 nitrogen and oxygen atoms in total. The summed E-state index contributed by atoms with van der Waals surface area (Å²) >= 11 is 0. The number of benzene rings is 1. The van der Waals surface area contributed by atoms with E-state index in [0.29, 0.717) is 12.0 Å². The third-order valence-corrected chi connectivity index (χ3v) is 3.97. The Labute approximate surface area is 103 Å². The fraction of sp³-hybridized carbons (Fsp3) is 0.467. The molecule has 3 rings (SSSR count). The maximum Gasteiger partial charge on any atom is 0.0876 e. The van der Waals surface area contributed by atoms with Crippen molar-refractivity contribution in [1.82, 2.24) is 5.32 Å². The van der Waals surface area contributed by atoms with Gasteiger partial charge in [0.1, 0.15) is 0 Å². The van der Waals surface area contributed by atoms with Crippen molar-refractivity contribution in [3.05, 3.63) is 47.2 Å². The maximum absolute atomic E-state index is 5.47. The molecular weight excluding hydrogens is 210 g/mol. The number of likely N-dealkylation sites (N-methyl/N-ethyl adjacent to an activating group) is 1. The minimum absolute atomic E-state index is 0.449. The summed E-state index contributed by atoms with van der Waals surface area (Å²) in [5.41, 5.74) is 4.45. The summed E-state index contributed by atoms with van der Waals surface area (Å²) in [4.78, 5) is 0. The first-order valence-corrected chi connectivity index (χ1v) is 6.46. The van der Waals surface area contributed by atoms with Gasteiger partial charge in [-0.15, -0.1) is 0 Å². The molecule has 2 atom stereocenters. The number of hydrogen-bond acceptors (Lipinski definition) is 2. The van der Waals surface area contributed by atoms with E-state index in [-0.39, 0.29) is 0 Å². The van der Waals surface area contributed by atoms with E-state index in [1.807, 2.05) is 6.26 Å². The van der Waals surface area contributed by atoms with Crippen molar-refractivity contribution < 1.29 is 4.74 Å². The predicted molar refractivity (Wildman–Crippen MR) is 69.0 cm³/mol. The molecule has 1 N–H and O–H groups in total. The van der Waals surface area contributed by atoms with Crippen LogP contribution < -0.4 is 5.32 Å². The number of nitrogens with one attached hydrogen (secondary N) is 1. The molecule has 0 fully saturated rings. The van der Waals surface area contributed by atoms with Crippen molar-refractivity contribution in [3.8, 4) is 0 Å². The number of fused-ring (bicyclic) bond motifs is 1. The topological polar surface area (TPSA) is 21.3 Å². The Hall–Kier alpha value is -1.28. The van der Waals surface area contributed by atoms with Gasteiger partial charge in [-0.25, -0.2) is 0 Å². The van der Waals surface area contributed by atoms with Gasteiger partial charge in [0.05, 0.1) is 12.9 Å². The highest BCUT2D eigenvalue weighted by molar-refractivity contribution is 5.43. The zero-order valence-electron chi connectivity index (χ0n) is 10.3. The Balaban J connectivity index is 1.82. The van der Waals surface area contributed by atoms with E-state index in [4.69, 9.17) is 4.74 Å². The first-order valence-electron chi connectivity index (χ1n) is 6.46. The van der Waals surface area contributed by atoms with Gasteiger partial charge in [-0.05, 0) is 43.0 Å². The molecule has 0 aromatic heterocycles. The molecule has 0 amide bonds. The van der Waals surface area contributed by atoms with Crippen LogP contribution in [0.2, 0.25) is 0 Å². The van der Waals surface area contributed by atoms with E-state index in [0.717, 1.165) is 13.0 Å². The minimum atomic E-state index is 0.449. The van der Waals surface area contributed by atoms with Crippen LogP contribution in [0.15, 0.2) is 36.1 Å². The first kappa shape index (κ1) is 10.8. The van der Waals surface area contributed by atoms with Crippen LogP contribution in [0.1, 0.15) is 29.9 Å². The second-order valence-corrected chi connectivity index (χ2v) is 4.94. The molecule has 1 aliphatic carbocycles. The molecule has 17 heavy (non-hydrogen) atoms. The van der Waals surface area contributed by atoms with Gasteiger partial charge in [0.25, 0.3) is 0 Å². The van der Waals surface area contributed by atoms with Crippen LogP contribution in [0.3, 0.4) is 0 Å². The van der Waals surface area contributed by atoms with Crippen molar-refractivity contribution in [2.24, 2.45) is 0 Å². The third kappa shape index (κ3) is 1.87. The van der Waals surface area contributed by atoms with Crippen molar-refractivity contribution in [1.29, 1.82) is 0 Å². The maximum atomic E-state index is 5.47. The molecule has 2 heteroatoms. The molecule has 90 valence electrons. The zero-order chi connectivity index (χ0) is 11.7. The highest BCUT2D eigenvalue weighted by Crippen LogP contribution is 2.40. The molecule has 1 aliphatic heterocycles. The summed E-state index contributed by atoms with van der Waals surface area (Å²) in [6, 6.07) is 9.23. The van der Waals surface area contributed by atoms with Crippen molar-refractivity contribution in [3.63, 3.8) is 0 Å². The van der Waals surface area contributed by atoms with Gasteiger partial charge in [-0.2, -0.15) is 0 Å². The lowest BCUT2D eigenvalue weighted by Crippen LogP contribution is -2.40. The van der Waals surface area contributed by atoms with E-state index in [1.54, 1.807) is 0 Å². The zero-order valence-corrected chi connectivity index (χ0v) is 10.3. The van der Waals surface area contributed by atoms with Crippen molar-refractivity contribution >= 4 is 0 Å². The lowest BCUT2D eigenvalue weighted by molar-refractivity contribution is 0.217. The number of rotatable bonds is 3. The second-order valence-electron chi connectivity index (χ2n) is 4.94. The van der Waals surface area contributed by atoms with Gasteiger partial charge >= 0.3 is 0 Å². The van der Waals surface area contributed by atoms with Gasteiger partial charge in [-0.3, -0.25) is 0 Å². The summed E-state index contributed by atoms with van der Waals surface area (Å²) in [6.07, 6.45) is 5.49. The number of hydrogen-bond donors (Lipinski definition) is 1. The predicted octanol–water partition coefficient (Wildman–Crippen LogP) is 2.61. The molecule has 0 radical (unpaired) electrons. The fourth-order valence-corrected chi connectivity index (χ4v) is 3.05. The van der Waals surface area contributed by atoms with E-state index in [1.165, 1.54) is 29.5 Å². The summed E-state index contributed by atoms with van der Waals surface area (Å²) < 4.78 is 5.47. The SMILES string of the molecule is CNC(C1=COCCC1)C1Cc2ccccc21. The lowest BCUT2D eigenvalue weighted by Gasteiger charge is -2.38. The van der Waals surface area contributed by atoms with Crippen LogP contribution in [0, 0.1) is 0 Å². The summed E-state index contributed by atoms with van der Waals surface area (Å²) in [5, 5.41) is 3.47. The third-order valence-electron chi connectivity index (χ3n) is 3.97. The van der Waals surface area contributed by atoms with Crippen LogP contribution >= 0.6 is 0 Å². The average molecular weight is 229 g/mol. The molecule has 0 saturated carbocycles. The summed E-state index contributed by atoms with van der Waals surface area (Å²) in [5.74, 6) is 0.629. The fourth-order valence-electron chi connectivity index (χ4n) is 3.05. The Morgan fingerprint density at radius 2 is 2.24 bits per heavy atom. The molecule has 2 unspecified atom stereocenters. The second kappa shape index (κ2) is 4.53. The van der Waals surface area contributed by atoms with Crippen molar-refractivity contribution in [2.75, 3.05) is 13.7 Å². The molecule has 1 aromatic rings. The largest absolute Gasteiger partial charge is 0.501 e. The highest BCUT2D eigenvalue weighted by atomic mass is 16.5. The Kier molecular flexibility index (Phi) is 2.89. The minimum Gasteiger partial charge on any atom is -0.501 e. The van der Waals surface area contributed by atoms with E-state index in [2.05, 4.69) is 36.6 Å². The smallest absolute Gasteiger partial charge is 0.0876 e. The van der Waals surface area contributed by atoms with Gasteiger partial charge in [0.15, 0.2) is 0 Å². The molecule has 1 heterocycles. The molecule has 2 aliphatic rings. The highest BCUT2D eigenvalue weighted by Gasteiger charge is 2.34. The van der Waals surface area contributed by atoms with Gasteiger partial charge in [0, 0.05) is 12.0 Å². The Morgan fingerprint density at radius 3 is 2.94 bits per heavy atom. The monoisotopic (exact) mass is 229 g/mol. The van der Waals surface area contributed by atoms with E-state index in [9.17, 15) is 0 Å². The standard InChI is InChI=1S/C15H19NO/c1-16-15(12-6-4-8-17-10-12)14-9-11-5-2-3-7-13(11)14/h2-3,5,7,10,14-16H,4,6,8-9H2,1H3. The molecule has 0 saturated heterocycles. The molecular formula is C15H19NO. The van der Waals surface area contributed by atoms with E-state index < -0.39 is 0 Å². The summed E-state index contributed by atoms with van der Waals surface area (Å²) in [6.45, 7) is 0.876. The van der Waals surface area contributed by atoms with Crippen LogP contribution in [0.5, 0.6) is 0 Å². The van der Waals surface area contributed by atoms with Crippen molar-refractivity contribution in [2.45, 2.75) is 31.2 Å². The van der Waals surface area contributed by atoms with Gasteiger partial charge in [-0.1, -0.05) is 24.3 Å². The van der Waals surface area contributed by atoms with E-state index >= 15 is 0 Å². The van der Waals surface area contributed by atoms with Crippen LogP contribution in [0.4, 0.5) is 0 Å². The number of ether oxygens (including phenoxy) is 1. The quantitative estimate of drug-likeness (QED) is 0.860. The van der Waals surface area contributed by atoms with Crippen LogP contribution in [0.25, 0.3) is 0 Å². The Morgan fingerprint density at radius 1 is 1.35 bits per heavy atom. The Bertz CT molecular complexity index is 438.